The number of benzene rings is 1. The Balaban J connectivity index is 0.00000208. The van der Waals surface area contributed by atoms with Crippen LogP contribution in [0, 0.1) is 10.1 Å². The molecular weight excluding hydrogens is 396 g/mol. The number of hydrogen-bond acceptors (Lipinski definition) is 7. The summed E-state index contributed by atoms with van der Waals surface area (Å²) < 4.78 is 5.00. The molecule has 1 aromatic carbocycles. The lowest BCUT2D eigenvalue weighted by atomic mass is 10.1. The molecule has 0 fully saturated rings. The molecule has 0 saturated carbocycles. The van der Waals surface area contributed by atoms with Crippen LogP contribution in [0.15, 0.2) is 48.0 Å². The van der Waals surface area contributed by atoms with Crippen LogP contribution in [0.5, 0.6) is 5.75 Å². The zero-order valence-corrected chi connectivity index (χ0v) is 15.0. The highest BCUT2D eigenvalue weighted by Gasteiger charge is 2.17. The number of nitro benzene ring substituents is 1. The largest absolute Gasteiger partial charge is 0.490 e. The SMILES string of the molecule is Br.COc1ccc(-c2csc(Nc3ccccn3)n2)cc1[N+](=O)[O-]. The molecule has 7 nitrogen and oxygen atoms in total. The molecule has 3 aromatic rings. The molecule has 0 radical (unpaired) electrons. The molecule has 0 bridgehead atoms. The first kappa shape index (κ1) is 17.8. The normalized spacial score (nSPS) is 9.88. The maximum absolute atomic E-state index is 11.1. The fraction of sp³-hybridized carbons (Fsp3) is 0.0667. The van der Waals surface area contributed by atoms with Gasteiger partial charge in [-0.2, -0.15) is 0 Å². The Morgan fingerprint density at radius 3 is 2.79 bits per heavy atom. The van der Waals surface area contributed by atoms with Gasteiger partial charge < -0.3 is 10.1 Å². The number of nitrogens with one attached hydrogen (secondary N) is 1. The molecule has 0 aliphatic rings. The molecule has 0 spiro atoms. The van der Waals surface area contributed by atoms with E-state index in [9.17, 15) is 10.1 Å². The first-order valence-corrected chi connectivity index (χ1v) is 7.52. The first-order valence-electron chi connectivity index (χ1n) is 6.64. The van der Waals surface area contributed by atoms with E-state index in [0.29, 0.717) is 22.2 Å². The van der Waals surface area contributed by atoms with E-state index in [1.54, 1.807) is 18.3 Å². The van der Waals surface area contributed by atoms with Gasteiger partial charge in [-0.3, -0.25) is 10.1 Å². The second kappa shape index (κ2) is 7.84. The lowest BCUT2D eigenvalue weighted by molar-refractivity contribution is -0.385. The quantitative estimate of drug-likeness (QED) is 0.495. The lowest BCUT2D eigenvalue weighted by Gasteiger charge is -2.03. The van der Waals surface area contributed by atoms with Crippen LogP contribution in [-0.4, -0.2) is 22.0 Å². The van der Waals surface area contributed by atoms with Crippen molar-refractivity contribution >= 4 is 45.0 Å². The number of halogens is 1. The molecule has 0 aliphatic heterocycles. The van der Waals surface area contributed by atoms with E-state index in [4.69, 9.17) is 4.74 Å². The predicted octanol–water partition coefficient (Wildman–Crippen LogP) is 4.44. The molecule has 0 aliphatic carbocycles. The van der Waals surface area contributed by atoms with Crippen LogP contribution in [0.4, 0.5) is 16.6 Å². The van der Waals surface area contributed by atoms with Gasteiger partial charge in [0.15, 0.2) is 10.9 Å². The third kappa shape index (κ3) is 3.87. The summed E-state index contributed by atoms with van der Waals surface area (Å²) in [5.74, 6) is 0.912. The van der Waals surface area contributed by atoms with Crippen molar-refractivity contribution < 1.29 is 9.66 Å². The molecule has 0 atom stereocenters. The number of methoxy groups -OCH3 is 1. The topological polar surface area (TPSA) is 90.2 Å². The minimum Gasteiger partial charge on any atom is -0.490 e. The summed E-state index contributed by atoms with van der Waals surface area (Å²) >= 11 is 1.40. The van der Waals surface area contributed by atoms with Gasteiger partial charge in [0.1, 0.15) is 5.82 Å². The summed E-state index contributed by atoms with van der Waals surface area (Å²) in [6.07, 6.45) is 1.68. The summed E-state index contributed by atoms with van der Waals surface area (Å²) in [5, 5.41) is 16.7. The molecule has 2 heterocycles. The maximum atomic E-state index is 11.1. The van der Waals surface area contributed by atoms with E-state index in [1.807, 2.05) is 23.6 Å². The fourth-order valence-corrected chi connectivity index (χ4v) is 2.73. The van der Waals surface area contributed by atoms with E-state index >= 15 is 0 Å². The van der Waals surface area contributed by atoms with Gasteiger partial charge in [-0.15, -0.1) is 28.3 Å². The van der Waals surface area contributed by atoms with Crippen molar-refractivity contribution in [3.63, 3.8) is 0 Å². The van der Waals surface area contributed by atoms with Crippen LogP contribution in [-0.2, 0) is 0 Å². The highest BCUT2D eigenvalue weighted by atomic mass is 79.9. The second-order valence-corrected chi connectivity index (χ2v) is 5.38. The van der Waals surface area contributed by atoms with Gasteiger partial charge in [0.2, 0.25) is 0 Å². The number of ether oxygens (including phenoxy) is 1. The molecule has 9 heteroatoms. The number of pyridine rings is 1. The smallest absolute Gasteiger partial charge is 0.311 e. The van der Waals surface area contributed by atoms with Crippen LogP contribution in [0.3, 0.4) is 0 Å². The monoisotopic (exact) mass is 408 g/mol. The zero-order valence-electron chi connectivity index (χ0n) is 12.5. The first-order chi connectivity index (χ1) is 11.2. The van der Waals surface area contributed by atoms with Gasteiger partial charge in [-0.25, -0.2) is 9.97 Å². The average Bonchev–Trinajstić information content (AvgIpc) is 3.03. The van der Waals surface area contributed by atoms with Crippen molar-refractivity contribution in [3.8, 4) is 17.0 Å². The highest BCUT2D eigenvalue weighted by molar-refractivity contribution is 8.93. The average molecular weight is 409 g/mol. The predicted molar refractivity (Wildman–Crippen MR) is 98.6 cm³/mol. The summed E-state index contributed by atoms with van der Waals surface area (Å²) in [4.78, 5) is 19.2. The molecular formula is C15H13BrN4O3S. The number of nitrogens with zero attached hydrogens (tertiary/aromatic N) is 3. The minimum atomic E-state index is -0.470. The van der Waals surface area contributed by atoms with E-state index < -0.39 is 4.92 Å². The molecule has 0 amide bonds. The molecule has 0 unspecified atom stereocenters. The van der Waals surface area contributed by atoms with E-state index in [1.165, 1.54) is 24.5 Å². The van der Waals surface area contributed by atoms with Crippen molar-refractivity contribution in [2.75, 3.05) is 12.4 Å². The van der Waals surface area contributed by atoms with Crippen LogP contribution >= 0.6 is 28.3 Å². The Bertz CT molecular complexity index is 842. The Morgan fingerprint density at radius 2 is 2.12 bits per heavy atom. The summed E-state index contributed by atoms with van der Waals surface area (Å²) in [7, 11) is 1.40. The second-order valence-electron chi connectivity index (χ2n) is 4.52. The third-order valence-electron chi connectivity index (χ3n) is 3.08. The van der Waals surface area contributed by atoms with Crippen LogP contribution in [0.1, 0.15) is 0 Å². The van der Waals surface area contributed by atoms with Gasteiger partial charge in [0.25, 0.3) is 0 Å². The molecule has 2 aromatic heterocycles. The summed E-state index contributed by atoms with van der Waals surface area (Å²) in [6, 6.07) is 10.3. The van der Waals surface area contributed by atoms with Gasteiger partial charge in [-0.05, 0) is 24.3 Å². The molecule has 24 heavy (non-hydrogen) atoms. The molecule has 0 saturated heterocycles. The molecule has 124 valence electrons. The number of rotatable bonds is 5. The Hall–Kier alpha value is -2.52. The van der Waals surface area contributed by atoms with Crippen molar-refractivity contribution in [2.45, 2.75) is 0 Å². The minimum absolute atomic E-state index is 0. The van der Waals surface area contributed by atoms with E-state index in [-0.39, 0.29) is 28.4 Å². The molecule has 3 rings (SSSR count). The molecule has 1 N–H and O–H groups in total. The summed E-state index contributed by atoms with van der Waals surface area (Å²) in [5.41, 5.74) is 1.22. The Morgan fingerprint density at radius 1 is 1.29 bits per heavy atom. The zero-order chi connectivity index (χ0) is 16.2. The number of thiazole rings is 1. The number of nitro groups is 1. The van der Waals surface area contributed by atoms with Crippen LogP contribution in [0.25, 0.3) is 11.3 Å². The van der Waals surface area contributed by atoms with Gasteiger partial charge in [0, 0.05) is 23.2 Å². The number of hydrogen-bond donors (Lipinski definition) is 1. The van der Waals surface area contributed by atoms with E-state index in [0.717, 1.165) is 0 Å². The number of aromatic nitrogens is 2. The van der Waals surface area contributed by atoms with Crippen molar-refractivity contribution in [3.05, 3.63) is 58.1 Å². The Labute approximate surface area is 152 Å². The number of anilines is 2. The van der Waals surface area contributed by atoms with Gasteiger partial charge in [-0.1, -0.05) is 6.07 Å². The van der Waals surface area contributed by atoms with E-state index in [2.05, 4.69) is 15.3 Å². The van der Waals surface area contributed by atoms with Gasteiger partial charge >= 0.3 is 5.69 Å². The van der Waals surface area contributed by atoms with Crippen LogP contribution < -0.4 is 10.1 Å². The Kier molecular flexibility index (Phi) is 5.83. The standard InChI is InChI=1S/C15H12N4O3S.BrH/c1-22-13-6-5-10(8-12(13)19(20)21)11-9-23-15(17-11)18-14-4-2-3-7-16-14;/h2-9H,1H3,(H,16,17,18);1H. The summed E-state index contributed by atoms with van der Waals surface area (Å²) in [6.45, 7) is 0. The van der Waals surface area contributed by atoms with Crippen molar-refractivity contribution in [1.82, 2.24) is 9.97 Å². The third-order valence-corrected chi connectivity index (χ3v) is 3.83. The van der Waals surface area contributed by atoms with Crippen molar-refractivity contribution in [1.29, 1.82) is 0 Å². The maximum Gasteiger partial charge on any atom is 0.311 e. The highest BCUT2D eigenvalue weighted by Crippen LogP contribution is 2.33. The lowest BCUT2D eigenvalue weighted by Crippen LogP contribution is -1.94. The van der Waals surface area contributed by atoms with Crippen LogP contribution in [0.2, 0.25) is 0 Å². The fourth-order valence-electron chi connectivity index (χ4n) is 2.00. The van der Waals surface area contributed by atoms with Crippen molar-refractivity contribution in [2.24, 2.45) is 0 Å². The van der Waals surface area contributed by atoms with Gasteiger partial charge in [0.05, 0.1) is 17.7 Å².